The zero-order chi connectivity index (χ0) is 38.6. The van der Waals surface area contributed by atoms with E-state index in [9.17, 15) is 0 Å². The molecule has 8 aromatic rings. The molecule has 55 heavy (non-hydrogen) atoms. The number of aryl methyl sites for hydroxylation is 3. The van der Waals surface area contributed by atoms with Crippen LogP contribution >= 0.6 is 0 Å². The Bertz CT molecular complexity index is 2680. The van der Waals surface area contributed by atoms with E-state index in [1.807, 2.05) is 48.8 Å². The molecule has 0 aliphatic heterocycles. The third-order valence-corrected chi connectivity index (χ3v) is 10.0. The summed E-state index contributed by atoms with van der Waals surface area (Å²) in [6.45, 7) is 19.3. The van der Waals surface area contributed by atoms with Crippen molar-refractivity contribution in [3.63, 3.8) is 0 Å². The van der Waals surface area contributed by atoms with E-state index in [1.54, 1.807) is 0 Å². The topological polar surface area (TPSA) is 78.6 Å². The fourth-order valence-electron chi connectivity index (χ4n) is 7.25. The number of hydrogen-bond donors (Lipinski definition) is 0. The van der Waals surface area contributed by atoms with Crippen molar-refractivity contribution >= 4 is 21.8 Å². The van der Waals surface area contributed by atoms with Gasteiger partial charge in [0.2, 0.25) is 0 Å². The summed E-state index contributed by atoms with van der Waals surface area (Å²) in [5.41, 5.74) is 10.3. The lowest BCUT2D eigenvalue weighted by molar-refractivity contribution is 0.483. The predicted octanol–water partition coefficient (Wildman–Crippen LogP) is 12.1. The number of pyridine rings is 2. The van der Waals surface area contributed by atoms with Gasteiger partial charge in [-0.2, -0.15) is 0 Å². The molecule has 0 amide bonds. The van der Waals surface area contributed by atoms with Crippen molar-refractivity contribution in [2.45, 2.75) is 73.1 Å². The molecule has 8 rings (SSSR count). The van der Waals surface area contributed by atoms with Gasteiger partial charge in [0.25, 0.3) is 0 Å². The van der Waals surface area contributed by atoms with Crippen LogP contribution in [0.3, 0.4) is 0 Å². The Labute approximate surface area is 323 Å². The molecule has 0 aliphatic rings. The molecule has 0 spiro atoms. The van der Waals surface area contributed by atoms with Crippen molar-refractivity contribution < 1.29 is 4.74 Å². The van der Waals surface area contributed by atoms with Crippen LogP contribution in [-0.4, -0.2) is 29.5 Å². The number of benzene rings is 4. The predicted molar refractivity (Wildman–Crippen MR) is 224 cm³/mol. The average Bonchev–Trinajstić information content (AvgIpc) is 3.48. The van der Waals surface area contributed by atoms with E-state index in [2.05, 4.69) is 139 Å². The summed E-state index contributed by atoms with van der Waals surface area (Å²) in [7, 11) is 0. The van der Waals surface area contributed by atoms with Crippen LogP contribution in [0.25, 0.3) is 61.4 Å². The van der Waals surface area contributed by atoms with E-state index in [0.29, 0.717) is 5.82 Å². The summed E-state index contributed by atoms with van der Waals surface area (Å²) < 4.78 is 8.74. The molecule has 0 unspecified atom stereocenters. The lowest BCUT2D eigenvalue weighted by Crippen LogP contribution is -2.24. The van der Waals surface area contributed by atoms with E-state index in [1.165, 1.54) is 10.9 Å². The van der Waals surface area contributed by atoms with Crippen LogP contribution in [0.5, 0.6) is 11.5 Å². The smallest absolute Gasteiger partial charge is 0.163 e. The summed E-state index contributed by atoms with van der Waals surface area (Å²) in [6, 6.07) is 35.4. The van der Waals surface area contributed by atoms with Crippen LogP contribution in [-0.2, 0) is 10.8 Å². The van der Waals surface area contributed by atoms with Gasteiger partial charge in [-0.15, -0.1) is 0 Å². The number of ether oxygens (including phenoxy) is 1. The second-order valence-corrected chi connectivity index (χ2v) is 16.5. The van der Waals surface area contributed by atoms with Crippen LogP contribution in [0.4, 0.5) is 0 Å². The van der Waals surface area contributed by atoms with Gasteiger partial charge in [-0.25, -0.2) is 19.9 Å². The van der Waals surface area contributed by atoms with Gasteiger partial charge in [-0.1, -0.05) is 77.9 Å². The lowest BCUT2D eigenvalue weighted by Gasteiger charge is -2.23. The van der Waals surface area contributed by atoms with Crippen molar-refractivity contribution in [1.82, 2.24) is 29.5 Å². The van der Waals surface area contributed by atoms with Gasteiger partial charge in [0.1, 0.15) is 29.0 Å². The zero-order valence-corrected chi connectivity index (χ0v) is 33.1. The van der Waals surface area contributed by atoms with Crippen molar-refractivity contribution in [2.75, 3.05) is 0 Å². The molecule has 7 heteroatoms. The Balaban J connectivity index is 1.13. The molecule has 0 N–H and O–H groups in total. The highest BCUT2D eigenvalue weighted by atomic mass is 16.5. The summed E-state index contributed by atoms with van der Waals surface area (Å²) >= 11 is 0. The molecule has 0 radical (unpaired) electrons. The summed E-state index contributed by atoms with van der Waals surface area (Å²) in [6.07, 6.45) is 3.79. The first kappa shape index (κ1) is 35.8. The first-order chi connectivity index (χ1) is 26.2. The van der Waals surface area contributed by atoms with E-state index in [4.69, 9.17) is 24.7 Å². The zero-order valence-electron chi connectivity index (χ0n) is 33.1. The molecular weight excluding hydrogens is 677 g/mol. The highest BCUT2D eigenvalue weighted by molar-refractivity contribution is 6.09. The van der Waals surface area contributed by atoms with Crippen LogP contribution in [0.2, 0.25) is 0 Å². The number of para-hydroxylation sites is 1. The molecule has 0 saturated heterocycles. The fraction of sp³-hybridized carbons (Fsp3) is 0.229. The third-order valence-electron chi connectivity index (χ3n) is 10.0. The van der Waals surface area contributed by atoms with E-state index < -0.39 is 0 Å². The van der Waals surface area contributed by atoms with E-state index >= 15 is 0 Å². The van der Waals surface area contributed by atoms with Crippen molar-refractivity contribution in [1.29, 1.82) is 0 Å². The van der Waals surface area contributed by atoms with Gasteiger partial charge in [0.05, 0.1) is 16.7 Å². The van der Waals surface area contributed by atoms with E-state index in [0.717, 1.165) is 84.5 Å². The van der Waals surface area contributed by atoms with Gasteiger partial charge >= 0.3 is 0 Å². The minimum atomic E-state index is -0.205. The largest absolute Gasteiger partial charge is 0.457 e. The third kappa shape index (κ3) is 6.87. The second kappa shape index (κ2) is 13.6. The van der Waals surface area contributed by atoms with Gasteiger partial charge in [-0.05, 0) is 109 Å². The molecule has 0 fully saturated rings. The Morgan fingerprint density at radius 1 is 0.545 bits per heavy atom. The van der Waals surface area contributed by atoms with Crippen molar-refractivity contribution in [2.24, 2.45) is 0 Å². The standard InChI is InChI=1S/C48H46N6O/c1-29-23-33(44-51-45(47(4,5)6)53-46(52-44)48(7,8)9)24-30(2)43(29)38-27-39(50-28-31(38)3)32-15-14-16-34(25-32)55-35-20-21-37-36-17-10-11-18-40(36)54(41(37)26-35)42-19-12-13-22-49-42/h10-28H,1-9H3. The Kier molecular flexibility index (Phi) is 8.84. The summed E-state index contributed by atoms with van der Waals surface area (Å²) in [5.74, 6) is 4.66. The minimum absolute atomic E-state index is 0.205. The lowest BCUT2D eigenvalue weighted by atomic mass is 9.90. The molecule has 7 nitrogen and oxygen atoms in total. The monoisotopic (exact) mass is 722 g/mol. The maximum atomic E-state index is 6.55. The highest BCUT2D eigenvalue weighted by Crippen LogP contribution is 2.38. The number of nitrogens with zero attached hydrogens (tertiary/aromatic N) is 6. The molecule has 4 aromatic heterocycles. The molecule has 274 valence electrons. The second-order valence-electron chi connectivity index (χ2n) is 16.5. The Hall–Kier alpha value is -6.21. The normalized spacial score (nSPS) is 12.1. The molecule has 0 saturated carbocycles. The van der Waals surface area contributed by atoms with Gasteiger partial charge < -0.3 is 4.74 Å². The summed E-state index contributed by atoms with van der Waals surface area (Å²) in [4.78, 5) is 24.4. The molecule has 0 bridgehead atoms. The maximum Gasteiger partial charge on any atom is 0.163 e. The minimum Gasteiger partial charge on any atom is -0.457 e. The van der Waals surface area contributed by atoms with Crippen LogP contribution in [0.1, 0.15) is 69.9 Å². The van der Waals surface area contributed by atoms with Crippen LogP contribution in [0.15, 0.2) is 116 Å². The number of fused-ring (bicyclic) bond motifs is 3. The van der Waals surface area contributed by atoms with Gasteiger partial charge in [0, 0.05) is 51.2 Å². The van der Waals surface area contributed by atoms with Gasteiger partial charge in [0.15, 0.2) is 5.82 Å². The quantitative estimate of drug-likeness (QED) is 0.170. The van der Waals surface area contributed by atoms with Crippen molar-refractivity contribution in [3.8, 4) is 51.1 Å². The number of hydrogen-bond acceptors (Lipinski definition) is 6. The van der Waals surface area contributed by atoms with Gasteiger partial charge in [-0.3, -0.25) is 9.55 Å². The maximum absolute atomic E-state index is 6.55. The Morgan fingerprint density at radius 3 is 1.91 bits per heavy atom. The van der Waals surface area contributed by atoms with Crippen LogP contribution in [0, 0.1) is 20.8 Å². The summed E-state index contributed by atoms with van der Waals surface area (Å²) in [5, 5.41) is 2.32. The fourth-order valence-corrected chi connectivity index (χ4v) is 7.25. The first-order valence-electron chi connectivity index (χ1n) is 18.8. The van der Waals surface area contributed by atoms with Crippen LogP contribution < -0.4 is 4.74 Å². The Morgan fingerprint density at radius 2 is 1.22 bits per heavy atom. The average molecular weight is 723 g/mol. The van der Waals surface area contributed by atoms with E-state index in [-0.39, 0.29) is 10.8 Å². The number of rotatable bonds is 6. The van der Waals surface area contributed by atoms with Crippen molar-refractivity contribution in [3.05, 3.63) is 144 Å². The molecule has 0 atom stereocenters. The SMILES string of the molecule is Cc1cnc(-c2cccc(Oc3ccc4c5ccccc5n(-c5ccccn5)c4c3)c2)cc1-c1c(C)cc(-c2nc(C(C)(C)C)nc(C(C)(C)C)n2)cc1C. The highest BCUT2D eigenvalue weighted by Gasteiger charge is 2.26. The first-order valence-corrected chi connectivity index (χ1v) is 18.8. The molecule has 4 aromatic carbocycles. The molecule has 0 aliphatic carbocycles. The molecule has 4 heterocycles. The molecular formula is C48H46N6O. The number of aromatic nitrogens is 6.